The van der Waals surface area contributed by atoms with E-state index >= 15 is 0 Å². The summed E-state index contributed by atoms with van der Waals surface area (Å²) in [5.74, 6) is 0.316. The summed E-state index contributed by atoms with van der Waals surface area (Å²) in [6, 6.07) is 10.2. The Balaban J connectivity index is 1.79. The van der Waals surface area contributed by atoms with Gasteiger partial charge in [0.1, 0.15) is 11.5 Å². The highest BCUT2D eigenvalue weighted by molar-refractivity contribution is 5.93. The number of aromatic amines is 1. The number of rotatable bonds is 4. The molecular formula is C15H18N4O. The zero-order valence-electron chi connectivity index (χ0n) is 11.5. The van der Waals surface area contributed by atoms with E-state index in [4.69, 9.17) is 5.73 Å². The van der Waals surface area contributed by atoms with Gasteiger partial charge in [-0.2, -0.15) is 5.10 Å². The second-order valence-corrected chi connectivity index (χ2v) is 5.36. The van der Waals surface area contributed by atoms with Crippen molar-refractivity contribution in [2.75, 3.05) is 5.73 Å². The lowest BCUT2D eigenvalue weighted by Gasteiger charge is -2.21. The number of hydrogen-bond acceptors (Lipinski definition) is 3. The number of nitrogens with zero attached hydrogens (tertiary/aromatic N) is 2. The molecule has 0 unspecified atom stereocenters. The summed E-state index contributed by atoms with van der Waals surface area (Å²) < 4.78 is 0. The highest BCUT2D eigenvalue weighted by Crippen LogP contribution is 2.29. The minimum Gasteiger partial charge on any atom is -0.382 e. The quantitative estimate of drug-likeness (QED) is 0.893. The topological polar surface area (TPSA) is 75.0 Å². The summed E-state index contributed by atoms with van der Waals surface area (Å²) in [7, 11) is 0. The molecule has 1 heterocycles. The van der Waals surface area contributed by atoms with E-state index in [0.29, 0.717) is 24.1 Å². The number of aromatic nitrogens is 2. The maximum atomic E-state index is 12.5. The van der Waals surface area contributed by atoms with Crippen LogP contribution in [0, 0.1) is 6.92 Å². The summed E-state index contributed by atoms with van der Waals surface area (Å²) in [6.07, 6.45) is 2.14. The zero-order chi connectivity index (χ0) is 14.1. The third-order valence-corrected chi connectivity index (χ3v) is 3.55. The first kappa shape index (κ1) is 12.7. The Kier molecular flexibility index (Phi) is 3.18. The van der Waals surface area contributed by atoms with E-state index in [1.165, 1.54) is 5.56 Å². The van der Waals surface area contributed by atoms with Gasteiger partial charge in [-0.15, -0.1) is 0 Å². The molecule has 1 fully saturated rings. The zero-order valence-corrected chi connectivity index (χ0v) is 11.5. The molecule has 0 radical (unpaired) electrons. The largest absolute Gasteiger partial charge is 0.382 e. The minimum atomic E-state index is -0.0303. The smallest absolute Gasteiger partial charge is 0.272 e. The Labute approximate surface area is 117 Å². The van der Waals surface area contributed by atoms with Crippen LogP contribution in [0.5, 0.6) is 0 Å². The monoisotopic (exact) mass is 270 g/mol. The van der Waals surface area contributed by atoms with Crippen molar-refractivity contribution in [3.05, 3.63) is 47.2 Å². The first-order valence-electron chi connectivity index (χ1n) is 6.81. The molecule has 0 aliphatic heterocycles. The van der Waals surface area contributed by atoms with Crippen LogP contribution in [0.1, 0.15) is 34.5 Å². The number of aryl methyl sites for hydroxylation is 1. The second kappa shape index (κ2) is 5.00. The van der Waals surface area contributed by atoms with Gasteiger partial charge in [-0.05, 0) is 25.3 Å². The number of nitrogens with two attached hydrogens (primary N) is 1. The lowest BCUT2D eigenvalue weighted by atomic mass is 10.1. The molecule has 2 aromatic rings. The fraction of sp³-hybridized carbons (Fsp3) is 0.333. The predicted octanol–water partition coefficient (Wildman–Crippen LogP) is 2.11. The number of carbonyl (C=O) groups is 1. The van der Waals surface area contributed by atoms with Crippen LogP contribution in [0.2, 0.25) is 0 Å². The number of anilines is 1. The van der Waals surface area contributed by atoms with Crippen LogP contribution in [0.15, 0.2) is 30.3 Å². The molecule has 1 aliphatic rings. The highest BCUT2D eigenvalue weighted by atomic mass is 16.2. The summed E-state index contributed by atoms with van der Waals surface area (Å²) in [5.41, 5.74) is 8.39. The van der Waals surface area contributed by atoms with Crippen molar-refractivity contribution in [2.45, 2.75) is 32.4 Å². The third kappa shape index (κ3) is 2.66. The molecule has 0 spiro atoms. The van der Waals surface area contributed by atoms with Crippen molar-refractivity contribution < 1.29 is 4.79 Å². The Morgan fingerprint density at radius 3 is 2.65 bits per heavy atom. The van der Waals surface area contributed by atoms with Crippen LogP contribution in [0.25, 0.3) is 0 Å². The van der Waals surface area contributed by atoms with Crippen molar-refractivity contribution >= 4 is 11.7 Å². The lowest BCUT2D eigenvalue weighted by Crippen LogP contribution is -2.32. The molecule has 104 valence electrons. The van der Waals surface area contributed by atoms with Gasteiger partial charge in [0.15, 0.2) is 0 Å². The van der Waals surface area contributed by atoms with Crippen LogP contribution in [-0.2, 0) is 6.54 Å². The van der Waals surface area contributed by atoms with E-state index in [2.05, 4.69) is 41.4 Å². The van der Waals surface area contributed by atoms with Crippen molar-refractivity contribution in [3.8, 4) is 0 Å². The molecule has 1 aromatic carbocycles. The molecule has 1 saturated carbocycles. The molecule has 1 aliphatic carbocycles. The standard InChI is InChI=1S/C15H18N4O/c1-10-2-4-11(5-3-10)9-19(12-6-7-12)15(20)13-8-14(16)18-17-13/h2-5,8,12H,6-7,9H2,1H3,(H3,16,17,18). The fourth-order valence-electron chi connectivity index (χ4n) is 2.24. The lowest BCUT2D eigenvalue weighted by molar-refractivity contribution is 0.0724. The number of hydrogen-bond donors (Lipinski definition) is 2. The van der Waals surface area contributed by atoms with E-state index in [1.54, 1.807) is 6.07 Å². The second-order valence-electron chi connectivity index (χ2n) is 5.36. The van der Waals surface area contributed by atoms with Gasteiger partial charge in [-0.3, -0.25) is 9.89 Å². The van der Waals surface area contributed by atoms with Gasteiger partial charge in [0, 0.05) is 18.7 Å². The average molecular weight is 270 g/mol. The predicted molar refractivity (Wildman–Crippen MR) is 77.1 cm³/mol. The number of nitrogens with one attached hydrogen (secondary N) is 1. The van der Waals surface area contributed by atoms with Crippen molar-refractivity contribution in [3.63, 3.8) is 0 Å². The Hall–Kier alpha value is -2.30. The highest BCUT2D eigenvalue weighted by Gasteiger charge is 2.33. The molecular weight excluding hydrogens is 252 g/mol. The summed E-state index contributed by atoms with van der Waals surface area (Å²) in [4.78, 5) is 14.4. The Bertz CT molecular complexity index is 613. The molecule has 1 amide bonds. The summed E-state index contributed by atoms with van der Waals surface area (Å²) in [5, 5.41) is 6.52. The molecule has 0 atom stereocenters. The minimum absolute atomic E-state index is 0.0303. The van der Waals surface area contributed by atoms with Crippen molar-refractivity contribution in [2.24, 2.45) is 0 Å². The van der Waals surface area contributed by atoms with Crippen LogP contribution in [0.3, 0.4) is 0 Å². The van der Waals surface area contributed by atoms with Crippen LogP contribution >= 0.6 is 0 Å². The summed E-state index contributed by atoms with van der Waals surface area (Å²) in [6.45, 7) is 2.68. The molecule has 20 heavy (non-hydrogen) atoms. The molecule has 5 nitrogen and oxygen atoms in total. The number of amides is 1. The van der Waals surface area contributed by atoms with E-state index in [0.717, 1.165) is 18.4 Å². The molecule has 5 heteroatoms. The number of nitrogen functional groups attached to an aromatic ring is 1. The first-order chi connectivity index (χ1) is 9.63. The summed E-state index contributed by atoms with van der Waals surface area (Å²) >= 11 is 0. The SMILES string of the molecule is Cc1ccc(CN(C(=O)c2cc(N)n[nH]2)C2CC2)cc1. The van der Waals surface area contributed by atoms with Crippen molar-refractivity contribution in [1.29, 1.82) is 0 Å². The van der Waals surface area contributed by atoms with Gasteiger partial charge < -0.3 is 10.6 Å². The van der Waals surface area contributed by atoms with Crippen molar-refractivity contribution in [1.82, 2.24) is 15.1 Å². The normalized spacial score (nSPS) is 14.2. The molecule has 0 bridgehead atoms. The Morgan fingerprint density at radius 2 is 2.10 bits per heavy atom. The third-order valence-electron chi connectivity index (χ3n) is 3.55. The van der Waals surface area contributed by atoms with Gasteiger partial charge in [-0.25, -0.2) is 0 Å². The molecule has 0 saturated heterocycles. The number of benzene rings is 1. The molecule has 3 rings (SSSR count). The van der Waals surface area contributed by atoms with Gasteiger partial charge >= 0.3 is 0 Å². The van der Waals surface area contributed by atoms with Gasteiger partial charge in [-0.1, -0.05) is 29.8 Å². The maximum Gasteiger partial charge on any atom is 0.272 e. The van der Waals surface area contributed by atoms with E-state index < -0.39 is 0 Å². The van der Waals surface area contributed by atoms with Crippen LogP contribution < -0.4 is 5.73 Å². The number of carbonyl (C=O) groups excluding carboxylic acids is 1. The average Bonchev–Trinajstić information content (AvgIpc) is 3.19. The van der Waals surface area contributed by atoms with Crippen LogP contribution in [0.4, 0.5) is 5.82 Å². The van der Waals surface area contributed by atoms with Gasteiger partial charge in [0.25, 0.3) is 5.91 Å². The van der Waals surface area contributed by atoms with E-state index in [9.17, 15) is 4.79 Å². The fourth-order valence-corrected chi connectivity index (χ4v) is 2.24. The van der Waals surface area contributed by atoms with Gasteiger partial charge in [0.2, 0.25) is 0 Å². The Morgan fingerprint density at radius 1 is 1.40 bits per heavy atom. The number of H-pyrrole nitrogens is 1. The molecule has 3 N–H and O–H groups in total. The molecule has 1 aromatic heterocycles. The maximum absolute atomic E-state index is 12.5. The van der Waals surface area contributed by atoms with Gasteiger partial charge in [0.05, 0.1) is 0 Å². The first-order valence-corrected chi connectivity index (χ1v) is 6.81. The van der Waals surface area contributed by atoms with E-state index in [-0.39, 0.29) is 5.91 Å². The van der Waals surface area contributed by atoms with Crippen LogP contribution in [-0.4, -0.2) is 27.0 Å². The van der Waals surface area contributed by atoms with E-state index in [1.807, 2.05) is 4.90 Å².